The molecule has 0 spiro atoms. The van der Waals surface area contributed by atoms with Gasteiger partial charge in [-0.1, -0.05) is 48.8 Å². The second-order valence-electron chi connectivity index (χ2n) is 5.89. The number of amides is 1. The molecule has 0 saturated carbocycles. The molecule has 142 valence electrons. The maximum absolute atomic E-state index is 12.1. The number of benzene rings is 1. The van der Waals surface area contributed by atoms with Crippen molar-refractivity contribution in [1.82, 2.24) is 9.78 Å². The van der Waals surface area contributed by atoms with Crippen molar-refractivity contribution in [3.8, 4) is 6.07 Å². The predicted molar refractivity (Wildman–Crippen MR) is 105 cm³/mol. The number of carboxylic acid groups (broad SMARTS) is 1. The van der Waals surface area contributed by atoms with Crippen molar-refractivity contribution in [3.05, 3.63) is 44.2 Å². The lowest BCUT2D eigenvalue weighted by Gasteiger charge is -2.18. The fourth-order valence-electron chi connectivity index (χ4n) is 2.31. The largest absolute Gasteiger partial charge is 0.465 e. The van der Waals surface area contributed by atoms with Gasteiger partial charge in [0.15, 0.2) is 0 Å². The van der Waals surface area contributed by atoms with Crippen molar-refractivity contribution in [2.45, 2.75) is 29.7 Å². The molecule has 1 heterocycles. The van der Waals surface area contributed by atoms with Crippen LogP contribution in [0.15, 0.2) is 32.9 Å². The zero-order valence-electron chi connectivity index (χ0n) is 14.7. The molecule has 0 unspecified atom stereocenters. The number of hydrogen-bond acceptors (Lipinski definition) is 5. The van der Waals surface area contributed by atoms with E-state index in [4.69, 9.17) is 28.5 Å². The van der Waals surface area contributed by atoms with Gasteiger partial charge in [0.25, 0.3) is 5.56 Å². The Morgan fingerprint density at radius 2 is 1.96 bits per heavy atom. The van der Waals surface area contributed by atoms with Crippen LogP contribution in [0.1, 0.15) is 25.3 Å². The minimum atomic E-state index is -1.29. The van der Waals surface area contributed by atoms with Crippen LogP contribution in [0.4, 0.5) is 10.5 Å². The smallest absolute Gasteiger partial charge is 0.412 e. The first kappa shape index (κ1) is 21.1. The van der Waals surface area contributed by atoms with Gasteiger partial charge in [-0.3, -0.25) is 9.69 Å². The Kier molecular flexibility index (Phi) is 6.76. The van der Waals surface area contributed by atoms with E-state index in [0.29, 0.717) is 15.5 Å². The van der Waals surface area contributed by atoms with Crippen molar-refractivity contribution in [1.29, 1.82) is 5.26 Å². The molecule has 1 aromatic carbocycles. The molecule has 0 aliphatic heterocycles. The van der Waals surface area contributed by atoms with Crippen LogP contribution in [0.25, 0.3) is 0 Å². The Morgan fingerprint density at radius 3 is 2.44 bits per heavy atom. The summed E-state index contributed by atoms with van der Waals surface area (Å²) >= 11 is 13.8. The van der Waals surface area contributed by atoms with Gasteiger partial charge >= 0.3 is 6.09 Å². The summed E-state index contributed by atoms with van der Waals surface area (Å²) in [6.07, 6.45) is -1.29. The Labute approximate surface area is 170 Å². The van der Waals surface area contributed by atoms with E-state index >= 15 is 0 Å². The Bertz CT molecular complexity index is 962. The number of rotatable bonds is 5. The average Bonchev–Trinajstić information content (AvgIpc) is 2.58. The highest BCUT2D eigenvalue weighted by Crippen LogP contribution is 2.40. The number of hydrogen-bond donors (Lipinski definition) is 1. The van der Waals surface area contributed by atoms with E-state index in [1.807, 2.05) is 13.8 Å². The second kappa shape index (κ2) is 8.65. The number of aryl methyl sites for hydroxylation is 1. The number of nitriles is 1. The SMILES string of the molecule is CC(C)c1cc(Sc2c(Cl)cc(N(CC#N)C(=O)O)cc2Cl)nn(C)c1=O. The van der Waals surface area contributed by atoms with E-state index in [2.05, 4.69) is 5.10 Å². The Balaban J connectivity index is 2.46. The molecule has 2 aromatic rings. The van der Waals surface area contributed by atoms with Crippen molar-refractivity contribution in [3.63, 3.8) is 0 Å². The lowest BCUT2D eigenvalue weighted by molar-refractivity contribution is 0.202. The zero-order valence-corrected chi connectivity index (χ0v) is 17.1. The van der Waals surface area contributed by atoms with Gasteiger partial charge in [-0.25, -0.2) is 9.48 Å². The van der Waals surface area contributed by atoms with Gasteiger partial charge in [0.05, 0.1) is 26.7 Å². The zero-order chi connectivity index (χ0) is 20.3. The lowest BCUT2D eigenvalue weighted by atomic mass is 10.1. The van der Waals surface area contributed by atoms with E-state index in [0.717, 1.165) is 4.90 Å². The van der Waals surface area contributed by atoms with Gasteiger partial charge < -0.3 is 5.11 Å². The average molecular weight is 427 g/mol. The first-order valence-electron chi connectivity index (χ1n) is 7.78. The van der Waals surface area contributed by atoms with Gasteiger partial charge in [0.1, 0.15) is 11.6 Å². The summed E-state index contributed by atoms with van der Waals surface area (Å²) in [4.78, 5) is 24.8. The number of nitrogens with zero attached hydrogens (tertiary/aromatic N) is 4. The molecular formula is C17H16Cl2N4O3S. The van der Waals surface area contributed by atoms with E-state index in [1.54, 1.807) is 19.2 Å². The van der Waals surface area contributed by atoms with Crippen molar-refractivity contribution < 1.29 is 9.90 Å². The molecule has 7 nitrogen and oxygen atoms in total. The monoisotopic (exact) mass is 426 g/mol. The first-order chi connectivity index (χ1) is 12.6. The highest BCUT2D eigenvalue weighted by atomic mass is 35.5. The van der Waals surface area contributed by atoms with Gasteiger partial charge in [-0.05, 0) is 24.1 Å². The molecule has 0 bridgehead atoms. The van der Waals surface area contributed by atoms with Gasteiger partial charge in [-0.2, -0.15) is 10.4 Å². The third-order valence-corrected chi connectivity index (χ3v) is 5.52. The molecule has 0 atom stereocenters. The van der Waals surface area contributed by atoms with E-state index in [1.165, 1.54) is 28.6 Å². The molecule has 0 saturated heterocycles. The standard InChI is InChI=1S/C17H16Cl2N4O3S/c1-9(2)11-8-14(21-22(3)16(11)24)27-15-12(18)6-10(7-13(15)19)23(5-4-20)17(25)26/h6-9H,5H2,1-3H3,(H,25,26). The maximum atomic E-state index is 12.1. The van der Waals surface area contributed by atoms with Gasteiger partial charge in [-0.15, -0.1) is 0 Å². The summed E-state index contributed by atoms with van der Waals surface area (Å²) in [5.41, 5.74) is 0.639. The summed E-state index contributed by atoms with van der Waals surface area (Å²) in [6, 6.07) is 6.32. The number of halogens is 2. The molecule has 0 radical (unpaired) electrons. The van der Waals surface area contributed by atoms with Crippen LogP contribution in [0, 0.1) is 11.3 Å². The normalized spacial score (nSPS) is 10.7. The molecule has 1 amide bonds. The van der Waals surface area contributed by atoms with Crippen molar-refractivity contribution in [2.75, 3.05) is 11.4 Å². The van der Waals surface area contributed by atoms with Crippen LogP contribution >= 0.6 is 35.0 Å². The molecule has 1 N–H and O–H groups in total. The topological polar surface area (TPSA) is 99.2 Å². The Hall–Kier alpha value is -2.21. The van der Waals surface area contributed by atoms with Crippen LogP contribution in [-0.4, -0.2) is 27.5 Å². The van der Waals surface area contributed by atoms with Gasteiger partial charge in [0, 0.05) is 12.6 Å². The first-order valence-corrected chi connectivity index (χ1v) is 9.35. The highest BCUT2D eigenvalue weighted by Gasteiger charge is 2.19. The van der Waals surface area contributed by atoms with Crippen molar-refractivity contribution >= 4 is 46.7 Å². The van der Waals surface area contributed by atoms with Crippen LogP contribution in [-0.2, 0) is 7.05 Å². The third-order valence-electron chi connectivity index (χ3n) is 3.65. The van der Waals surface area contributed by atoms with Crippen molar-refractivity contribution in [2.24, 2.45) is 7.05 Å². The summed E-state index contributed by atoms with van der Waals surface area (Å²) in [5.74, 6) is 0.0227. The van der Waals surface area contributed by atoms with Crippen LogP contribution < -0.4 is 10.5 Å². The molecule has 10 heteroatoms. The van der Waals surface area contributed by atoms with E-state index < -0.39 is 6.09 Å². The predicted octanol–water partition coefficient (Wildman–Crippen LogP) is 4.37. The quantitative estimate of drug-likeness (QED) is 0.712. The molecule has 1 aromatic heterocycles. The van der Waals surface area contributed by atoms with E-state index in [9.17, 15) is 14.7 Å². The number of aromatic nitrogens is 2. The van der Waals surface area contributed by atoms with Crippen LogP contribution in [0.2, 0.25) is 10.0 Å². The molecule has 0 aliphatic carbocycles. The molecule has 0 fully saturated rings. The van der Waals surface area contributed by atoms with Crippen LogP contribution in [0.3, 0.4) is 0 Å². The third kappa shape index (κ3) is 4.75. The maximum Gasteiger partial charge on any atom is 0.412 e. The number of anilines is 1. The number of carbonyl (C=O) groups is 1. The van der Waals surface area contributed by atoms with Crippen LogP contribution in [0.5, 0.6) is 0 Å². The molecule has 27 heavy (non-hydrogen) atoms. The summed E-state index contributed by atoms with van der Waals surface area (Å²) < 4.78 is 1.26. The molecule has 2 rings (SSSR count). The highest BCUT2D eigenvalue weighted by molar-refractivity contribution is 7.99. The Morgan fingerprint density at radius 1 is 1.37 bits per heavy atom. The fraction of sp³-hybridized carbons (Fsp3) is 0.294. The van der Waals surface area contributed by atoms with E-state index in [-0.39, 0.29) is 33.8 Å². The molecule has 0 aliphatic rings. The fourth-order valence-corrected chi connectivity index (χ4v) is 3.89. The lowest BCUT2D eigenvalue weighted by Crippen LogP contribution is -2.29. The minimum absolute atomic E-state index is 0.0227. The van der Waals surface area contributed by atoms with Gasteiger partial charge in [0.2, 0.25) is 0 Å². The summed E-state index contributed by atoms with van der Waals surface area (Å²) in [6.45, 7) is 3.47. The minimum Gasteiger partial charge on any atom is -0.465 e. The molecular weight excluding hydrogens is 411 g/mol. The summed E-state index contributed by atoms with van der Waals surface area (Å²) in [7, 11) is 1.57. The summed E-state index contributed by atoms with van der Waals surface area (Å²) in [5, 5.41) is 23.2. The second-order valence-corrected chi connectivity index (χ2v) is 7.73.